The van der Waals surface area contributed by atoms with E-state index < -0.39 is 18.3 Å². The van der Waals surface area contributed by atoms with E-state index in [4.69, 9.17) is 5.11 Å². The SMILES string of the molecule is O=C(O)CC(=O)N(Cc1ccccc1F)C1CC1. The number of carbonyl (C=O) groups is 2. The molecule has 1 aromatic rings. The molecule has 1 aliphatic rings. The summed E-state index contributed by atoms with van der Waals surface area (Å²) in [6, 6.07) is 6.29. The second-order valence-electron chi connectivity index (χ2n) is 4.41. The molecule has 18 heavy (non-hydrogen) atoms. The van der Waals surface area contributed by atoms with Crippen molar-refractivity contribution in [2.45, 2.75) is 31.8 Å². The van der Waals surface area contributed by atoms with Crippen molar-refractivity contribution in [3.05, 3.63) is 35.6 Å². The summed E-state index contributed by atoms with van der Waals surface area (Å²) in [5.74, 6) is -1.97. The number of hydrogen-bond acceptors (Lipinski definition) is 2. The van der Waals surface area contributed by atoms with Crippen LogP contribution in [0, 0.1) is 5.82 Å². The van der Waals surface area contributed by atoms with Gasteiger partial charge >= 0.3 is 5.97 Å². The number of carboxylic acid groups (broad SMARTS) is 1. The first-order valence-corrected chi connectivity index (χ1v) is 5.82. The predicted octanol–water partition coefficient (Wildman–Crippen LogP) is 1.79. The summed E-state index contributed by atoms with van der Waals surface area (Å²) in [5.41, 5.74) is 0.420. The average molecular weight is 251 g/mol. The van der Waals surface area contributed by atoms with Crippen LogP contribution in [0.1, 0.15) is 24.8 Å². The number of rotatable bonds is 5. The second-order valence-corrected chi connectivity index (χ2v) is 4.41. The molecule has 0 heterocycles. The Kier molecular flexibility index (Phi) is 3.60. The van der Waals surface area contributed by atoms with Crippen LogP contribution >= 0.6 is 0 Å². The number of halogens is 1. The third-order valence-corrected chi connectivity index (χ3v) is 2.91. The minimum Gasteiger partial charge on any atom is -0.481 e. The maximum absolute atomic E-state index is 13.5. The Morgan fingerprint density at radius 1 is 1.33 bits per heavy atom. The van der Waals surface area contributed by atoms with Crippen LogP contribution in [0.25, 0.3) is 0 Å². The lowest BCUT2D eigenvalue weighted by molar-refractivity contribution is -0.144. The summed E-state index contributed by atoms with van der Waals surface area (Å²) >= 11 is 0. The summed E-state index contributed by atoms with van der Waals surface area (Å²) in [6.45, 7) is 0.142. The summed E-state index contributed by atoms with van der Waals surface area (Å²) < 4.78 is 13.5. The molecule has 1 aromatic carbocycles. The van der Waals surface area contributed by atoms with Gasteiger partial charge in [0.05, 0.1) is 0 Å². The molecule has 2 rings (SSSR count). The topological polar surface area (TPSA) is 57.6 Å². The Morgan fingerprint density at radius 2 is 2.00 bits per heavy atom. The van der Waals surface area contributed by atoms with E-state index in [1.54, 1.807) is 18.2 Å². The van der Waals surface area contributed by atoms with E-state index in [0.29, 0.717) is 5.56 Å². The van der Waals surface area contributed by atoms with Crippen molar-refractivity contribution in [1.29, 1.82) is 0 Å². The van der Waals surface area contributed by atoms with Crippen LogP contribution < -0.4 is 0 Å². The number of carbonyl (C=O) groups excluding carboxylic acids is 1. The van der Waals surface area contributed by atoms with Crippen LogP contribution in [-0.2, 0) is 16.1 Å². The van der Waals surface area contributed by atoms with Gasteiger partial charge in [-0.05, 0) is 18.9 Å². The number of amides is 1. The second kappa shape index (κ2) is 5.16. The van der Waals surface area contributed by atoms with Crippen molar-refractivity contribution >= 4 is 11.9 Å². The van der Waals surface area contributed by atoms with E-state index in [0.717, 1.165) is 12.8 Å². The third-order valence-electron chi connectivity index (χ3n) is 2.91. The quantitative estimate of drug-likeness (QED) is 0.812. The molecule has 1 N–H and O–H groups in total. The monoisotopic (exact) mass is 251 g/mol. The van der Waals surface area contributed by atoms with Gasteiger partial charge in [0.1, 0.15) is 12.2 Å². The number of hydrogen-bond donors (Lipinski definition) is 1. The molecule has 0 radical (unpaired) electrons. The van der Waals surface area contributed by atoms with Gasteiger partial charge in [-0.1, -0.05) is 18.2 Å². The van der Waals surface area contributed by atoms with Gasteiger partial charge in [0.2, 0.25) is 5.91 Å². The van der Waals surface area contributed by atoms with Gasteiger partial charge in [0.15, 0.2) is 0 Å². The van der Waals surface area contributed by atoms with E-state index in [-0.39, 0.29) is 18.4 Å². The van der Waals surface area contributed by atoms with Gasteiger partial charge in [-0.2, -0.15) is 0 Å². The van der Waals surface area contributed by atoms with E-state index in [1.807, 2.05) is 0 Å². The molecule has 1 saturated carbocycles. The zero-order chi connectivity index (χ0) is 13.1. The molecule has 0 bridgehead atoms. The maximum Gasteiger partial charge on any atom is 0.312 e. The molecule has 4 nitrogen and oxygen atoms in total. The highest BCUT2D eigenvalue weighted by molar-refractivity contribution is 5.93. The van der Waals surface area contributed by atoms with Gasteiger partial charge in [-0.25, -0.2) is 4.39 Å². The van der Waals surface area contributed by atoms with Crippen LogP contribution in [-0.4, -0.2) is 27.9 Å². The molecule has 1 fully saturated rings. The Hall–Kier alpha value is -1.91. The summed E-state index contributed by atoms with van der Waals surface area (Å²) in [5, 5.41) is 8.63. The van der Waals surface area contributed by atoms with Crippen molar-refractivity contribution < 1.29 is 19.1 Å². The molecule has 0 aliphatic heterocycles. The van der Waals surface area contributed by atoms with Crippen LogP contribution in [0.5, 0.6) is 0 Å². The largest absolute Gasteiger partial charge is 0.481 e. The minimum absolute atomic E-state index is 0.0662. The first kappa shape index (κ1) is 12.5. The number of benzene rings is 1. The highest BCUT2D eigenvalue weighted by Crippen LogP contribution is 2.29. The molecule has 0 saturated heterocycles. The van der Waals surface area contributed by atoms with Gasteiger partial charge in [0, 0.05) is 18.2 Å². The van der Waals surface area contributed by atoms with Crippen molar-refractivity contribution in [3.8, 4) is 0 Å². The smallest absolute Gasteiger partial charge is 0.312 e. The fraction of sp³-hybridized carbons (Fsp3) is 0.385. The molecule has 0 spiro atoms. The van der Waals surface area contributed by atoms with Gasteiger partial charge < -0.3 is 10.0 Å². The zero-order valence-corrected chi connectivity index (χ0v) is 9.80. The molecule has 1 aliphatic carbocycles. The molecule has 0 unspecified atom stereocenters. The fourth-order valence-corrected chi connectivity index (χ4v) is 1.85. The minimum atomic E-state index is -1.15. The molecule has 0 atom stereocenters. The molecular formula is C13H14FNO3. The number of carboxylic acids is 1. The lowest BCUT2D eigenvalue weighted by Gasteiger charge is -2.22. The zero-order valence-electron chi connectivity index (χ0n) is 9.80. The lowest BCUT2D eigenvalue weighted by atomic mass is 10.2. The Balaban J connectivity index is 2.09. The molecule has 5 heteroatoms. The van der Waals surface area contributed by atoms with E-state index in [1.165, 1.54) is 11.0 Å². The van der Waals surface area contributed by atoms with Crippen LogP contribution in [0.2, 0.25) is 0 Å². The molecule has 0 aromatic heterocycles. The highest BCUT2D eigenvalue weighted by Gasteiger charge is 2.33. The molecular weight excluding hydrogens is 237 g/mol. The third kappa shape index (κ3) is 3.06. The van der Waals surface area contributed by atoms with E-state index in [2.05, 4.69) is 0 Å². The fourth-order valence-electron chi connectivity index (χ4n) is 1.85. The Morgan fingerprint density at radius 3 is 2.56 bits per heavy atom. The Labute approximate surface area is 104 Å². The van der Waals surface area contributed by atoms with Gasteiger partial charge in [0.25, 0.3) is 0 Å². The maximum atomic E-state index is 13.5. The standard InChI is InChI=1S/C13H14FNO3/c14-11-4-2-1-3-9(11)8-15(10-5-6-10)12(16)7-13(17)18/h1-4,10H,5-8H2,(H,17,18). The first-order chi connectivity index (χ1) is 8.58. The van der Waals surface area contributed by atoms with Crippen LogP contribution in [0.4, 0.5) is 4.39 Å². The predicted molar refractivity (Wildman–Crippen MR) is 62.2 cm³/mol. The normalized spacial score (nSPS) is 14.3. The number of aliphatic carboxylic acids is 1. The highest BCUT2D eigenvalue weighted by atomic mass is 19.1. The van der Waals surface area contributed by atoms with Crippen molar-refractivity contribution in [2.24, 2.45) is 0 Å². The lowest BCUT2D eigenvalue weighted by Crippen LogP contribution is -2.34. The van der Waals surface area contributed by atoms with E-state index in [9.17, 15) is 14.0 Å². The Bertz CT molecular complexity index is 471. The average Bonchev–Trinajstić information content (AvgIpc) is 3.11. The molecule has 1 amide bonds. The van der Waals surface area contributed by atoms with Crippen molar-refractivity contribution in [2.75, 3.05) is 0 Å². The van der Waals surface area contributed by atoms with Gasteiger partial charge in [-0.15, -0.1) is 0 Å². The summed E-state index contributed by atoms with van der Waals surface area (Å²) in [6.07, 6.45) is 1.19. The molecule has 96 valence electrons. The first-order valence-electron chi connectivity index (χ1n) is 5.82. The number of nitrogens with zero attached hydrogens (tertiary/aromatic N) is 1. The van der Waals surface area contributed by atoms with Crippen LogP contribution in [0.3, 0.4) is 0 Å². The van der Waals surface area contributed by atoms with E-state index >= 15 is 0 Å². The van der Waals surface area contributed by atoms with Crippen molar-refractivity contribution in [1.82, 2.24) is 4.90 Å². The summed E-state index contributed by atoms with van der Waals surface area (Å²) in [7, 11) is 0. The van der Waals surface area contributed by atoms with Crippen LogP contribution in [0.15, 0.2) is 24.3 Å². The van der Waals surface area contributed by atoms with Crippen molar-refractivity contribution in [3.63, 3.8) is 0 Å². The summed E-state index contributed by atoms with van der Waals surface area (Å²) in [4.78, 5) is 23.8. The van der Waals surface area contributed by atoms with Gasteiger partial charge in [-0.3, -0.25) is 9.59 Å².